The van der Waals surface area contributed by atoms with Gasteiger partial charge in [-0.25, -0.2) is 0 Å². The van der Waals surface area contributed by atoms with Gasteiger partial charge in [-0.1, -0.05) is 20.8 Å². The first kappa shape index (κ1) is 20.0. The number of benzene rings is 1. The van der Waals surface area contributed by atoms with E-state index in [1.807, 2.05) is 6.92 Å². The fourth-order valence-corrected chi connectivity index (χ4v) is 5.15. The van der Waals surface area contributed by atoms with Gasteiger partial charge in [0.15, 0.2) is 5.69 Å². The van der Waals surface area contributed by atoms with Crippen molar-refractivity contribution in [2.75, 3.05) is 0 Å². The molecule has 0 saturated heterocycles. The summed E-state index contributed by atoms with van der Waals surface area (Å²) in [5.74, 6) is 0.290. The second-order valence-corrected chi connectivity index (χ2v) is 8.65. The number of aromatic nitrogens is 1. The smallest absolute Gasteiger partial charge is 0.416 e. The first-order valence-corrected chi connectivity index (χ1v) is 9.29. The zero-order valence-electron chi connectivity index (χ0n) is 15.9. The van der Waals surface area contributed by atoms with Crippen LogP contribution in [0.4, 0.5) is 26.3 Å². The molecule has 0 N–H and O–H groups in total. The molecule has 1 fully saturated rings. The first-order valence-electron chi connectivity index (χ1n) is 9.29. The van der Waals surface area contributed by atoms with E-state index in [2.05, 4.69) is 13.8 Å². The van der Waals surface area contributed by atoms with Crippen LogP contribution < -0.4 is 4.73 Å². The van der Waals surface area contributed by atoms with Crippen LogP contribution >= 0.6 is 0 Å². The van der Waals surface area contributed by atoms with Crippen LogP contribution in [0.1, 0.15) is 61.4 Å². The molecular formula is C21H19F6NO. The number of pyridine rings is 1. The minimum Gasteiger partial charge on any atom is -0.618 e. The van der Waals surface area contributed by atoms with Gasteiger partial charge in [-0.3, -0.25) is 0 Å². The Morgan fingerprint density at radius 3 is 2.00 bits per heavy atom. The molecule has 3 aliphatic rings. The normalized spacial score (nSPS) is 25.3. The molecule has 1 saturated carbocycles. The molecule has 5 rings (SSSR count). The summed E-state index contributed by atoms with van der Waals surface area (Å²) in [4.78, 5) is 0. The first-order chi connectivity index (χ1) is 13.2. The summed E-state index contributed by atoms with van der Waals surface area (Å²) in [6.45, 7) is 6.14. The van der Waals surface area contributed by atoms with E-state index in [1.54, 1.807) is 6.07 Å². The zero-order chi connectivity index (χ0) is 21.5. The van der Waals surface area contributed by atoms with Crippen LogP contribution in [0.25, 0.3) is 11.3 Å². The Kier molecular flexibility index (Phi) is 4.07. The number of alkyl halides is 6. The van der Waals surface area contributed by atoms with Crippen LogP contribution in [-0.4, -0.2) is 0 Å². The van der Waals surface area contributed by atoms with E-state index < -0.39 is 29.0 Å². The van der Waals surface area contributed by atoms with E-state index in [1.165, 1.54) is 6.07 Å². The second-order valence-electron chi connectivity index (χ2n) is 8.65. The van der Waals surface area contributed by atoms with E-state index in [4.69, 9.17) is 0 Å². The average molecular weight is 415 g/mol. The maximum Gasteiger partial charge on any atom is 0.416 e. The van der Waals surface area contributed by atoms with Crippen molar-refractivity contribution in [3.63, 3.8) is 0 Å². The summed E-state index contributed by atoms with van der Waals surface area (Å²) in [5, 5.41) is 13.1. The van der Waals surface area contributed by atoms with Gasteiger partial charge in [-0.15, -0.1) is 0 Å². The van der Waals surface area contributed by atoms with E-state index in [0.29, 0.717) is 22.6 Å². The molecule has 29 heavy (non-hydrogen) atoms. The van der Waals surface area contributed by atoms with Crippen molar-refractivity contribution in [3.8, 4) is 11.3 Å². The van der Waals surface area contributed by atoms with Gasteiger partial charge in [0.1, 0.15) is 0 Å². The Labute approximate surface area is 163 Å². The zero-order valence-corrected chi connectivity index (χ0v) is 15.9. The van der Waals surface area contributed by atoms with Crippen molar-refractivity contribution in [3.05, 3.63) is 57.9 Å². The Bertz CT molecular complexity index is 960. The molecule has 2 nitrogen and oxygen atoms in total. The average Bonchev–Trinajstić information content (AvgIpc) is 2.59. The van der Waals surface area contributed by atoms with Crippen molar-refractivity contribution in [1.82, 2.24) is 0 Å². The molecule has 2 bridgehead atoms. The van der Waals surface area contributed by atoms with E-state index in [0.717, 1.165) is 12.0 Å². The number of rotatable bonds is 1. The molecule has 1 aromatic heterocycles. The fourth-order valence-electron chi connectivity index (χ4n) is 5.15. The third kappa shape index (κ3) is 2.90. The summed E-state index contributed by atoms with van der Waals surface area (Å²) in [6, 6.07) is 4.29. The third-order valence-electron chi connectivity index (χ3n) is 6.79. The van der Waals surface area contributed by atoms with Crippen molar-refractivity contribution in [2.45, 2.75) is 51.4 Å². The monoisotopic (exact) mass is 415 g/mol. The molecule has 1 aromatic carbocycles. The molecule has 8 heteroatoms. The van der Waals surface area contributed by atoms with Crippen LogP contribution in [0.2, 0.25) is 0 Å². The Morgan fingerprint density at radius 2 is 1.52 bits per heavy atom. The molecular weight excluding hydrogens is 396 g/mol. The van der Waals surface area contributed by atoms with Crippen molar-refractivity contribution >= 4 is 0 Å². The molecule has 0 spiro atoms. The highest BCUT2D eigenvalue weighted by Crippen LogP contribution is 2.65. The minimum atomic E-state index is -4.96. The molecule has 1 heterocycles. The lowest BCUT2D eigenvalue weighted by atomic mass is 9.45. The highest BCUT2D eigenvalue weighted by atomic mass is 19.4. The van der Waals surface area contributed by atoms with Crippen molar-refractivity contribution in [1.29, 1.82) is 0 Å². The van der Waals surface area contributed by atoms with Gasteiger partial charge >= 0.3 is 12.4 Å². The molecule has 0 aliphatic heterocycles. The van der Waals surface area contributed by atoms with Crippen LogP contribution in [0, 0.1) is 16.5 Å². The van der Waals surface area contributed by atoms with Gasteiger partial charge in [-0.2, -0.15) is 31.1 Å². The van der Waals surface area contributed by atoms with Crippen molar-refractivity contribution in [2.24, 2.45) is 11.3 Å². The highest BCUT2D eigenvalue weighted by molar-refractivity contribution is 5.60. The number of nitrogens with zero attached hydrogens (tertiary/aromatic N) is 1. The lowest BCUT2D eigenvalue weighted by Gasteiger charge is -2.58. The predicted octanol–water partition coefficient (Wildman–Crippen LogP) is 6.27. The largest absolute Gasteiger partial charge is 0.618 e. The summed E-state index contributed by atoms with van der Waals surface area (Å²) >= 11 is 0. The van der Waals surface area contributed by atoms with Crippen LogP contribution in [-0.2, 0) is 12.4 Å². The van der Waals surface area contributed by atoms with Gasteiger partial charge in [0.05, 0.1) is 11.1 Å². The minimum absolute atomic E-state index is 0.0145. The van der Waals surface area contributed by atoms with E-state index >= 15 is 0 Å². The molecule has 156 valence electrons. The Hall–Kier alpha value is -2.25. The summed E-state index contributed by atoms with van der Waals surface area (Å²) in [5.41, 5.74) is -2.16. The van der Waals surface area contributed by atoms with Crippen LogP contribution in [0.5, 0.6) is 0 Å². The Balaban J connectivity index is 1.90. The number of halogens is 6. The maximum absolute atomic E-state index is 13.2. The molecule has 3 atom stereocenters. The predicted molar refractivity (Wildman–Crippen MR) is 93.9 cm³/mol. The van der Waals surface area contributed by atoms with Crippen LogP contribution in [0.3, 0.4) is 0 Å². The third-order valence-corrected chi connectivity index (χ3v) is 6.79. The number of hydrogen-bond acceptors (Lipinski definition) is 1. The molecule has 0 amide bonds. The van der Waals surface area contributed by atoms with Crippen LogP contribution in [0.15, 0.2) is 30.3 Å². The lowest BCUT2D eigenvalue weighted by Crippen LogP contribution is -2.54. The standard InChI is InChI=1S/C21H19F6NO/c1-10-15-9-16(19(15,2)3)14-4-5-17(28(29)18(10)14)11-6-12(20(22,23)24)8-13(7-11)21(25,26)27/h4-8,10,15-16H,9H2,1-3H3/t10-,15+,16-/m1/s1. The second kappa shape index (κ2) is 5.89. The maximum atomic E-state index is 13.2. The van der Waals surface area contributed by atoms with Gasteiger partial charge in [0.2, 0.25) is 5.69 Å². The van der Waals surface area contributed by atoms with Gasteiger partial charge in [-0.05, 0) is 47.9 Å². The molecule has 2 aromatic rings. The highest BCUT2D eigenvalue weighted by Gasteiger charge is 2.58. The molecule has 0 unspecified atom stereocenters. The topological polar surface area (TPSA) is 26.9 Å². The summed E-state index contributed by atoms with van der Waals surface area (Å²) in [6.07, 6.45) is -8.99. The molecule has 3 aliphatic carbocycles. The molecule has 0 radical (unpaired) electrons. The van der Waals surface area contributed by atoms with Crippen molar-refractivity contribution < 1.29 is 31.1 Å². The van der Waals surface area contributed by atoms with E-state index in [-0.39, 0.29) is 34.9 Å². The van der Waals surface area contributed by atoms with Gasteiger partial charge in [0, 0.05) is 23.1 Å². The quantitative estimate of drug-likeness (QED) is 0.306. The number of hydrogen-bond donors (Lipinski definition) is 0. The fraction of sp³-hybridized carbons (Fsp3) is 0.476. The summed E-state index contributed by atoms with van der Waals surface area (Å²) < 4.78 is 79.6. The lowest BCUT2D eigenvalue weighted by molar-refractivity contribution is -0.607. The van der Waals surface area contributed by atoms with E-state index in [9.17, 15) is 31.5 Å². The van der Waals surface area contributed by atoms with Gasteiger partial charge < -0.3 is 5.21 Å². The Morgan fingerprint density at radius 1 is 0.966 bits per heavy atom. The van der Waals surface area contributed by atoms with Gasteiger partial charge in [0.25, 0.3) is 0 Å². The SMILES string of the molecule is C[C@H]1c2c(ccc(-c3cc(C(F)(F)F)cc(C(F)(F)F)c3)[n+]2[O-])[C@H]2C[C@@H]1C2(C)C. The summed E-state index contributed by atoms with van der Waals surface area (Å²) in [7, 11) is 0.